The van der Waals surface area contributed by atoms with Crippen LogP contribution in [0.15, 0.2) is 12.1 Å². The van der Waals surface area contributed by atoms with Gasteiger partial charge in [0.25, 0.3) is 0 Å². The van der Waals surface area contributed by atoms with Gasteiger partial charge in [-0.15, -0.1) is 0 Å². The van der Waals surface area contributed by atoms with E-state index in [1.807, 2.05) is 6.07 Å². The first kappa shape index (κ1) is 14.0. The zero-order valence-corrected chi connectivity index (χ0v) is 11.4. The minimum absolute atomic E-state index is 0.231. The fourth-order valence-corrected chi connectivity index (χ4v) is 2.31. The van der Waals surface area contributed by atoms with Crippen LogP contribution in [0.3, 0.4) is 0 Å². The summed E-state index contributed by atoms with van der Waals surface area (Å²) in [5.74, 6) is 0.708. The predicted molar refractivity (Wildman–Crippen MR) is 72.2 cm³/mol. The summed E-state index contributed by atoms with van der Waals surface area (Å²) in [6.45, 7) is 1.12. The second-order valence-corrected chi connectivity index (χ2v) is 4.95. The molecule has 0 saturated heterocycles. The van der Waals surface area contributed by atoms with Crippen molar-refractivity contribution < 1.29 is 19.4 Å². The molecule has 1 aliphatic heterocycles. The summed E-state index contributed by atoms with van der Waals surface area (Å²) in [5.41, 5.74) is 1.03. The van der Waals surface area contributed by atoms with Crippen molar-refractivity contribution in [3.63, 3.8) is 0 Å². The molecule has 0 saturated carbocycles. The van der Waals surface area contributed by atoms with Crippen LogP contribution in [0.5, 0.6) is 11.5 Å². The van der Waals surface area contributed by atoms with E-state index < -0.39 is 5.97 Å². The Morgan fingerprint density at radius 1 is 1.16 bits per heavy atom. The molecule has 0 radical (unpaired) electrons. The van der Waals surface area contributed by atoms with Gasteiger partial charge in [0, 0.05) is 17.5 Å². The zero-order valence-electron chi connectivity index (χ0n) is 10.7. The number of rotatable bonds is 6. The van der Waals surface area contributed by atoms with Crippen LogP contribution in [0, 0.1) is 0 Å². The number of fused-ring (bicyclic) bond motifs is 1. The van der Waals surface area contributed by atoms with E-state index in [0.717, 1.165) is 30.6 Å². The molecule has 1 aromatic rings. The lowest BCUT2D eigenvalue weighted by Gasteiger charge is -2.19. The van der Waals surface area contributed by atoms with Crippen molar-refractivity contribution in [1.82, 2.24) is 0 Å². The summed E-state index contributed by atoms with van der Waals surface area (Å²) >= 11 is 6.19. The number of halogens is 1. The first-order valence-electron chi connectivity index (χ1n) is 6.46. The molecule has 0 aromatic heterocycles. The van der Waals surface area contributed by atoms with E-state index >= 15 is 0 Å². The maximum absolute atomic E-state index is 10.4. The van der Waals surface area contributed by atoms with Crippen molar-refractivity contribution in [3.8, 4) is 11.5 Å². The highest BCUT2D eigenvalue weighted by Gasteiger charge is 2.14. The maximum Gasteiger partial charge on any atom is 0.303 e. The minimum atomic E-state index is -0.739. The Morgan fingerprint density at radius 2 is 1.84 bits per heavy atom. The number of hydrogen-bond donors (Lipinski definition) is 1. The summed E-state index contributed by atoms with van der Waals surface area (Å²) in [7, 11) is 0. The molecule has 0 atom stereocenters. The lowest BCUT2D eigenvalue weighted by atomic mass is 10.1. The van der Waals surface area contributed by atoms with Crippen molar-refractivity contribution in [1.29, 1.82) is 0 Å². The third-order valence-corrected chi connectivity index (χ3v) is 3.40. The summed E-state index contributed by atoms with van der Waals surface area (Å²) < 4.78 is 11.0. The van der Waals surface area contributed by atoms with E-state index in [9.17, 15) is 4.79 Å². The highest BCUT2D eigenvalue weighted by atomic mass is 35.5. The van der Waals surface area contributed by atoms with Gasteiger partial charge in [0.2, 0.25) is 0 Å². The number of aliphatic carboxylic acids is 1. The first-order valence-corrected chi connectivity index (χ1v) is 6.84. The minimum Gasteiger partial charge on any atom is -0.486 e. The van der Waals surface area contributed by atoms with Crippen molar-refractivity contribution in [2.75, 3.05) is 13.2 Å². The molecule has 0 bridgehead atoms. The van der Waals surface area contributed by atoms with Crippen LogP contribution >= 0.6 is 11.6 Å². The van der Waals surface area contributed by atoms with Gasteiger partial charge >= 0.3 is 5.97 Å². The SMILES string of the molecule is O=C(O)CCCCCc1cc2c(cc1Cl)OCCO2. The number of unbranched alkanes of at least 4 members (excludes halogenated alkanes) is 2. The van der Waals surface area contributed by atoms with Gasteiger partial charge in [-0.3, -0.25) is 4.79 Å². The molecule has 0 amide bonds. The first-order chi connectivity index (χ1) is 9.16. The van der Waals surface area contributed by atoms with Crippen molar-refractivity contribution >= 4 is 17.6 Å². The zero-order chi connectivity index (χ0) is 13.7. The number of aryl methyl sites for hydroxylation is 1. The fraction of sp³-hybridized carbons (Fsp3) is 0.500. The second kappa shape index (κ2) is 6.66. The van der Waals surface area contributed by atoms with E-state index in [1.54, 1.807) is 6.07 Å². The molecule has 0 spiro atoms. The number of ether oxygens (including phenoxy) is 2. The normalized spacial score (nSPS) is 13.3. The highest BCUT2D eigenvalue weighted by Crippen LogP contribution is 2.35. The quantitative estimate of drug-likeness (QED) is 0.814. The average molecular weight is 285 g/mol. The van der Waals surface area contributed by atoms with E-state index in [2.05, 4.69) is 0 Å². The van der Waals surface area contributed by atoms with Crippen LogP contribution in [0.1, 0.15) is 31.2 Å². The van der Waals surface area contributed by atoms with Crippen LogP contribution in [-0.4, -0.2) is 24.3 Å². The van der Waals surface area contributed by atoms with Gasteiger partial charge in [-0.05, 0) is 30.9 Å². The Bertz CT molecular complexity index is 459. The topological polar surface area (TPSA) is 55.8 Å². The molecule has 104 valence electrons. The lowest BCUT2D eigenvalue weighted by molar-refractivity contribution is -0.137. The van der Waals surface area contributed by atoms with Gasteiger partial charge in [-0.25, -0.2) is 0 Å². The Labute approximate surface area is 117 Å². The third kappa shape index (κ3) is 4.03. The third-order valence-electron chi connectivity index (χ3n) is 3.05. The van der Waals surface area contributed by atoms with Gasteiger partial charge in [-0.2, -0.15) is 0 Å². The lowest BCUT2D eigenvalue weighted by Crippen LogP contribution is -2.15. The summed E-state index contributed by atoms with van der Waals surface area (Å²) in [5, 5.41) is 9.24. The summed E-state index contributed by atoms with van der Waals surface area (Å²) in [4.78, 5) is 10.4. The van der Waals surface area contributed by atoms with Crippen molar-refractivity contribution in [2.24, 2.45) is 0 Å². The highest BCUT2D eigenvalue weighted by molar-refractivity contribution is 6.31. The Morgan fingerprint density at radius 3 is 2.53 bits per heavy atom. The molecule has 0 unspecified atom stereocenters. The van der Waals surface area contributed by atoms with E-state index in [1.165, 1.54) is 0 Å². The van der Waals surface area contributed by atoms with Crippen LogP contribution in [-0.2, 0) is 11.2 Å². The molecule has 0 fully saturated rings. The van der Waals surface area contributed by atoms with Gasteiger partial charge in [-0.1, -0.05) is 18.0 Å². The Hall–Kier alpha value is -1.42. The van der Waals surface area contributed by atoms with Crippen molar-refractivity contribution in [2.45, 2.75) is 32.1 Å². The predicted octanol–water partition coefficient (Wildman–Crippen LogP) is 3.30. The van der Waals surface area contributed by atoms with Gasteiger partial charge in [0.05, 0.1) is 0 Å². The van der Waals surface area contributed by atoms with Crippen LogP contribution in [0.25, 0.3) is 0 Å². The molecule has 1 heterocycles. The van der Waals surface area contributed by atoms with Crippen LogP contribution in [0.4, 0.5) is 0 Å². The smallest absolute Gasteiger partial charge is 0.303 e. The molecule has 2 rings (SSSR count). The van der Waals surface area contributed by atoms with Gasteiger partial charge in [0.1, 0.15) is 13.2 Å². The number of carboxylic acids is 1. The molecule has 1 N–H and O–H groups in total. The molecule has 5 heteroatoms. The number of benzene rings is 1. The Kier molecular flexibility index (Phi) is 4.91. The number of carbonyl (C=O) groups is 1. The van der Waals surface area contributed by atoms with E-state index in [0.29, 0.717) is 30.4 Å². The Balaban J connectivity index is 1.88. The van der Waals surface area contributed by atoms with Crippen LogP contribution in [0.2, 0.25) is 5.02 Å². The second-order valence-electron chi connectivity index (χ2n) is 4.54. The van der Waals surface area contributed by atoms with Gasteiger partial charge in [0.15, 0.2) is 11.5 Å². The summed E-state index contributed by atoms with van der Waals surface area (Å²) in [6, 6.07) is 3.72. The van der Waals surface area contributed by atoms with E-state index in [-0.39, 0.29) is 6.42 Å². The van der Waals surface area contributed by atoms with Crippen molar-refractivity contribution in [3.05, 3.63) is 22.7 Å². The summed E-state index contributed by atoms with van der Waals surface area (Å²) in [6.07, 6.45) is 3.57. The molecule has 0 aliphatic carbocycles. The molecule has 19 heavy (non-hydrogen) atoms. The number of hydrogen-bond acceptors (Lipinski definition) is 3. The molecular formula is C14H17ClO4. The monoisotopic (exact) mass is 284 g/mol. The van der Waals surface area contributed by atoms with E-state index in [4.69, 9.17) is 26.2 Å². The standard InChI is InChI=1S/C14H17ClO4/c15-11-9-13-12(18-6-7-19-13)8-10(11)4-2-1-3-5-14(16)17/h8-9H,1-7H2,(H,16,17). The fourth-order valence-electron chi connectivity index (χ4n) is 2.07. The molecule has 1 aromatic carbocycles. The average Bonchev–Trinajstić information content (AvgIpc) is 2.38. The molecular weight excluding hydrogens is 268 g/mol. The maximum atomic E-state index is 10.4. The van der Waals surface area contributed by atoms with Crippen LogP contribution < -0.4 is 9.47 Å². The number of carboxylic acid groups (broad SMARTS) is 1. The molecule has 1 aliphatic rings. The van der Waals surface area contributed by atoms with Gasteiger partial charge < -0.3 is 14.6 Å². The molecule has 4 nitrogen and oxygen atoms in total. The largest absolute Gasteiger partial charge is 0.486 e.